The molecular weight excluding hydrogens is 781 g/mol. The summed E-state index contributed by atoms with van der Waals surface area (Å²) in [6.45, 7) is 6.68. The molecule has 63 heavy (non-hydrogen) atoms. The minimum absolute atomic E-state index is 0.0660. The van der Waals surface area contributed by atoms with E-state index in [0.29, 0.717) is 19.3 Å². The van der Waals surface area contributed by atoms with Crippen molar-refractivity contribution in [1.29, 1.82) is 0 Å². The van der Waals surface area contributed by atoms with Crippen molar-refractivity contribution < 1.29 is 28.6 Å². The molecule has 0 rings (SSSR count). The van der Waals surface area contributed by atoms with Crippen LogP contribution in [0.2, 0.25) is 0 Å². The molecule has 0 radical (unpaired) electrons. The topological polar surface area (TPSA) is 78.9 Å². The second-order valence-corrected chi connectivity index (χ2v) is 19.2. The fraction of sp³-hybridized carbons (Fsp3) is 0.912. The standard InChI is InChI=1S/C57H108O6/c1-4-7-10-13-16-19-22-24-26-28-30-32-35-38-41-44-47-50-56(59)62-53-54(52-61-55(58)49-46-43-40-37-34-21-18-15-12-9-6-3)63-57(60)51-48-45-42-39-36-33-31-29-27-25-23-20-17-14-11-8-5-2/h25,27,54H,4-24,26,28-53H2,1-3H3/b27-25-/t54-/m0/s1. The Balaban J connectivity index is 4.29. The molecule has 0 saturated carbocycles. The van der Waals surface area contributed by atoms with Crippen LogP contribution in [0.3, 0.4) is 0 Å². The Morgan fingerprint density at radius 3 is 0.794 bits per heavy atom. The van der Waals surface area contributed by atoms with Gasteiger partial charge in [-0.2, -0.15) is 0 Å². The van der Waals surface area contributed by atoms with E-state index in [-0.39, 0.29) is 31.1 Å². The zero-order valence-electron chi connectivity index (χ0n) is 42.6. The molecule has 0 aliphatic heterocycles. The fourth-order valence-electron chi connectivity index (χ4n) is 8.50. The van der Waals surface area contributed by atoms with Crippen molar-refractivity contribution >= 4 is 17.9 Å². The highest BCUT2D eigenvalue weighted by Crippen LogP contribution is 2.17. The van der Waals surface area contributed by atoms with E-state index in [4.69, 9.17) is 14.2 Å². The summed E-state index contributed by atoms with van der Waals surface area (Å²) in [6.07, 6.45) is 59.1. The SMILES string of the molecule is CCCCCCCC/C=C\CCCCCCCCCC(=O)O[C@@H](COC(=O)CCCCCCCCCCCCC)COC(=O)CCCCCCCCCCCCCCCCCCC. The Morgan fingerprint density at radius 2 is 0.524 bits per heavy atom. The van der Waals surface area contributed by atoms with E-state index in [0.717, 1.165) is 57.8 Å². The summed E-state index contributed by atoms with van der Waals surface area (Å²) in [7, 11) is 0. The van der Waals surface area contributed by atoms with Gasteiger partial charge in [-0.1, -0.05) is 264 Å². The average Bonchev–Trinajstić information content (AvgIpc) is 3.28. The van der Waals surface area contributed by atoms with Crippen molar-refractivity contribution in [2.45, 2.75) is 322 Å². The van der Waals surface area contributed by atoms with Gasteiger partial charge in [0.2, 0.25) is 0 Å². The Morgan fingerprint density at radius 1 is 0.302 bits per heavy atom. The predicted octanol–water partition coefficient (Wildman–Crippen LogP) is 18.5. The van der Waals surface area contributed by atoms with Crippen LogP contribution in [0.15, 0.2) is 12.2 Å². The molecule has 6 nitrogen and oxygen atoms in total. The number of allylic oxidation sites excluding steroid dienone is 2. The second kappa shape index (κ2) is 52.8. The fourth-order valence-corrected chi connectivity index (χ4v) is 8.50. The van der Waals surface area contributed by atoms with Crippen molar-refractivity contribution in [3.05, 3.63) is 12.2 Å². The lowest BCUT2D eigenvalue weighted by molar-refractivity contribution is -0.167. The van der Waals surface area contributed by atoms with Crippen molar-refractivity contribution in [3.8, 4) is 0 Å². The van der Waals surface area contributed by atoms with Crippen LogP contribution >= 0.6 is 0 Å². The van der Waals surface area contributed by atoms with Gasteiger partial charge in [-0.05, 0) is 44.9 Å². The summed E-state index contributed by atoms with van der Waals surface area (Å²) in [5.41, 5.74) is 0. The smallest absolute Gasteiger partial charge is 0.306 e. The van der Waals surface area contributed by atoms with Crippen LogP contribution in [0.5, 0.6) is 0 Å². The number of rotatable bonds is 52. The first-order valence-corrected chi connectivity index (χ1v) is 28.2. The minimum Gasteiger partial charge on any atom is -0.462 e. The van der Waals surface area contributed by atoms with Gasteiger partial charge < -0.3 is 14.2 Å². The highest BCUT2D eigenvalue weighted by Gasteiger charge is 2.19. The first-order chi connectivity index (χ1) is 31.0. The van der Waals surface area contributed by atoms with Crippen molar-refractivity contribution in [3.63, 3.8) is 0 Å². The van der Waals surface area contributed by atoms with Gasteiger partial charge in [-0.3, -0.25) is 14.4 Å². The van der Waals surface area contributed by atoms with Crippen molar-refractivity contribution in [2.24, 2.45) is 0 Å². The summed E-state index contributed by atoms with van der Waals surface area (Å²) >= 11 is 0. The third-order valence-corrected chi connectivity index (χ3v) is 12.8. The van der Waals surface area contributed by atoms with Gasteiger partial charge >= 0.3 is 17.9 Å². The van der Waals surface area contributed by atoms with Crippen LogP contribution in [0.1, 0.15) is 316 Å². The van der Waals surface area contributed by atoms with E-state index >= 15 is 0 Å². The van der Waals surface area contributed by atoms with E-state index in [9.17, 15) is 14.4 Å². The lowest BCUT2D eigenvalue weighted by Gasteiger charge is -2.18. The van der Waals surface area contributed by atoms with Crippen LogP contribution in [0.25, 0.3) is 0 Å². The number of carbonyl (C=O) groups excluding carboxylic acids is 3. The second-order valence-electron chi connectivity index (χ2n) is 19.2. The molecule has 0 aromatic carbocycles. The third-order valence-electron chi connectivity index (χ3n) is 12.8. The van der Waals surface area contributed by atoms with E-state index < -0.39 is 6.10 Å². The highest BCUT2D eigenvalue weighted by molar-refractivity contribution is 5.71. The number of hydrogen-bond donors (Lipinski definition) is 0. The summed E-state index contributed by atoms with van der Waals surface area (Å²) in [5, 5.41) is 0. The van der Waals surface area contributed by atoms with Crippen molar-refractivity contribution in [1.82, 2.24) is 0 Å². The molecule has 0 amide bonds. The van der Waals surface area contributed by atoms with E-state index in [2.05, 4.69) is 32.9 Å². The van der Waals surface area contributed by atoms with Crippen molar-refractivity contribution in [2.75, 3.05) is 13.2 Å². The molecule has 0 aliphatic carbocycles. The number of carbonyl (C=O) groups is 3. The van der Waals surface area contributed by atoms with Crippen LogP contribution in [0.4, 0.5) is 0 Å². The molecular formula is C57H108O6. The Labute approximate surface area is 392 Å². The highest BCUT2D eigenvalue weighted by atomic mass is 16.6. The summed E-state index contributed by atoms with van der Waals surface area (Å²) in [6, 6.07) is 0. The third kappa shape index (κ3) is 51.0. The van der Waals surface area contributed by atoms with Gasteiger partial charge in [-0.15, -0.1) is 0 Å². The number of hydrogen-bond acceptors (Lipinski definition) is 6. The molecule has 0 unspecified atom stereocenters. The number of esters is 3. The lowest BCUT2D eigenvalue weighted by atomic mass is 10.0. The maximum absolute atomic E-state index is 12.8. The zero-order valence-corrected chi connectivity index (χ0v) is 42.6. The van der Waals surface area contributed by atoms with Crippen LogP contribution in [-0.4, -0.2) is 37.2 Å². The molecule has 0 aromatic rings. The van der Waals surface area contributed by atoms with Gasteiger partial charge in [-0.25, -0.2) is 0 Å². The largest absolute Gasteiger partial charge is 0.462 e. The van der Waals surface area contributed by atoms with Crippen LogP contribution in [-0.2, 0) is 28.6 Å². The maximum Gasteiger partial charge on any atom is 0.306 e. The maximum atomic E-state index is 12.8. The summed E-state index contributed by atoms with van der Waals surface area (Å²) < 4.78 is 16.8. The molecule has 0 bridgehead atoms. The zero-order chi connectivity index (χ0) is 45.8. The molecule has 0 aromatic heterocycles. The summed E-state index contributed by atoms with van der Waals surface area (Å²) in [4.78, 5) is 38.0. The molecule has 372 valence electrons. The van der Waals surface area contributed by atoms with Gasteiger partial charge in [0.1, 0.15) is 13.2 Å². The average molecular weight is 889 g/mol. The molecule has 0 spiro atoms. The number of ether oxygens (including phenoxy) is 3. The monoisotopic (exact) mass is 889 g/mol. The van der Waals surface area contributed by atoms with Gasteiger partial charge in [0.05, 0.1) is 0 Å². The van der Waals surface area contributed by atoms with Gasteiger partial charge in [0.15, 0.2) is 6.10 Å². The molecule has 0 fully saturated rings. The Kier molecular flexibility index (Phi) is 51.2. The minimum atomic E-state index is -0.766. The molecule has 0 heterocycles. The first-order valence-electron chi connectivity index (χ1n) is 28.2. The van der Waals surface area contributed by atoms with Crippen LogP contribution in [0, 0.1) is 0 Å². The Bertz CT molecular complexity index is 978. The quantitative estimate of drug-likeness (QED) is 0.0262. The number of unbranched alkanes of at least 4 members (excludes halogenated alkanes) is 39. The molecule has 0 saturated heterocycles. The molecule has 1 atom stereocenters. The van der Waals surface area contributed by atoms with E-state index in [1.54, 1.807) is 0 Å². The van der Waals surface area contributed by atoms with Gasteiger partial charge in [0.25, 0.3) is 0 Å². The normalized spacial score (nSPS) is 12.0. The van der Waals surface area contributed by atoms with Crippen LogP contribution < -0.4 is 0 Å². The molecule has 6 heteroatoms. The first kappa shape index (κ1) is 61.1. The Hall–Kier alpha value is -1.85. The van der Waals surface area contributed by atoms with E-state index in [1.165, 1.54) is 218 Å². The molecule has 0 aliphatic rings. The predicted molar refractivity (Wildman–Crippen MR) is 270 cm³/mol. The van der Waals surface area contributed by atoms with E-state index in [1.807, 2.05) is 0 Å². The molecule has 0 N–H and O–H groups in total. The lowest BCUT2D eigenvalue weighted by Crippen LogP contribution is -2.30. The summed E-state index contributed by atoms with van der Waals surface area (Å²) in [5.74, 6) is -0.849. The van der Waals surface area contributed by atoms with Gasteiger partial charge in [0, 0.05) is 19.3 Å².